The third-order valence-electron chi connectivity index (χ3n) is 1.85. The Morgan fingerprint density at radius 1 is 1.33 bits per heavy atom. The van der Waals surface area contributed by atoms with Crippen LogP contribution >= 0.6 is 0 Å². The number of hydrogen-bond donors (Lipinski definition) is 0. The maximum Gasteiger partial charge on any atom is 0.456 e. The molecule has 0 unspecified atom stereocenters. The molecule has 1 rings (SSSR count). The van der Waals surface area contributed by atoms with E-state index in [9.17, 15) is 18.0 Å². The fourth-order valence-corrected chi connectivity index (χ4v) is 1.04. The lowest BCUT2D eigenvalue weighted by Crippen LogP contribution is -2.24. The lowest BCUT2D eigenvalue weighted by Gasteiger charge is -2.07. The molecule has 0 aliphatic rings. The molecule has 0 amide bonds. The van der Waals surface area contributed by atoms with E-state index >= 15 is 0 Å². The smallest absolute Gasteiger partial charge is 0.282 e. The first-order valence-electron chi connectivity index (χ1n) is 4.41. The topological polar surface area (TPSA) is 30.0 Å². The molecule has 0 saturated heterocycles. The van der Waals surface area contributed by atoms with Gasteiger partial charge >= 0.3 is 6.18 Å². The summed E-state index contributed by atoms with van der Waals surface area (Å²) in [5.74, 6) is -1.91. The lowest BCUT2D eigenvalue weighted by atomic mass is 10.1. The number of aromatic nitrogens is 1. The highest BCUT2D eigenvalue weighted by atomic mass is 19.4. The molecule has 15 heavy (non-hydrogen) atoms. The fraction of sp³-hybridized carbons (Fsp3) is 0.400. The van der Waals surface area contributed by atoms with Crippen molar-refractivity contribution in [3.8, 4) is 0 Å². The van der Waals surface area contributed by atoms with Gasteiger partial charge in [-0.25, -0.2) is 4.98 Å². The third-order valence-corrected chi connectivity index (χ3v) is 1.85. The number of nitrogens with zero attached hydrogens (tertiary/aromatic N) is 1. The van der Waals surface area contributed by atoms with Crippen molar-refractivity contribution in [1.82, 2.24) is 4.98 Å². The second kappa shape index (κ2) is 4.00. The van der Waals surface area contributed by atoms with Gasteiger partial charge in [0.1, 0.15) is 5.69 Å². The summed E-state index contributed by atoms with van der Waals surface area (Å²) in [5.41, 5.74) is -0.0706. The van der Waals surface area contributed by atoms with Gasteiger partial charge in [-0.05, 0) is 18.1 Å². The van der Waals surface area contributed by atoms with Crippen LogP contribution < -0.4 is 0 Å². The number of Topliss-reactive ketones (excluding diaryl/α,β-unsaturated/α-hetero) is 1. The Kier molecular flexibility index (Phi) is 3.12. The SMILES string of the molecule is CC(C)c1cccc(C(=O)C(F)(F)F)n1. The predicted octanol–water partition coefficient (Wildman–Crippen LogP) is 2.95. The van der Waals surface area contributed by atoms with Crippen molar-refractivity contribution < 1.29 is 18.0 Å². The number of ketones is 1. The molecular formula is C10H10F3NO. The lowest BCUT2D eigenvalue weighted by molar-refractivity contribution is -0.0888. The van der Waals surface area contributed by atoms with Crippen LogP contribution in [0.1, 0.15) is 35.9 Å². The summed E-state index contributed by atoms with van der Waals surface area (Å²) in [6.07, 6.45) is -4.86. The van der Waals surface area contributed by atoms with Crippen LogP contribution in [0, 0.1) is 0 Å². The summed E-state index contributed by atoms with van der Waals surface area (Å²) in [7, 11) is 0. The van der Waals surface area contributed by atoms with Gasteiger partial charge in [0.15, 0.2) is 0 Å². The summed E-state index contributed by atoms with van der Waals surface area (Å²) in [6, 6.07) is 4.07. The Labute approximate surface area is 85.1 Å². The van der Waals surface area contributed by atoms with Crippen LogP contribution in [0.2, 0.25) is 0 Å². The van der Waals surface area contributed by atoms with Crippen molar-refractivity contribution in [3.05, 3.63) is 29.6 Å². The molecule has 0 aliphatic heterocycles. The zero-order valence-electron chi connectivity index (χ0n) is 8.30. The molecule has 2 nitrogen and oxygen atoms in total. The number of carbonyl (C=O) groups excluding carboxylic acids is 1. The second-order valence-electron chi connectivity index (χ2n) is 3.43. The van der Waals surface area contributed by atoms with Crippen molar-refractivity contribution >= 4 is 5.78 Å². The van der Waals surface area contributed by atoms with Gasteiger partial charge in [-0.2, -0.15) is 13.2 Å². The predicted molar refractivity (Wildman–Crippen MR) is 48.7 cm³/mol. The summed E-state index contributed by atoms with van der Waals surface area (Å²) in [5, 5.41) is 0. The first-order chi connectivity index (χ1) is 6.82. The Bertz CT molecular complexity index is 371. The summed E-state index contributed by atoms with van der Waals surface area (Å²) >= 11 is 0. The number of halogens is 3. The van der Waals surface area contributed by atoms with Gasteiger partial charge in [-0.3, -0.25) is 4.79 Å². The van der Waals surface area contributed by atoms with Crippen LogP contribution in [0.15, 0.2) is 18.2 Å². The Morgan fingerprint density at radius 2 is 1.93 bits per heavy atom. The minimum atomic E-state index is -4.86. The van der Waals surface area contributed by atoms with Gasteiger partial charge in [0.25, 0.3) is 5.78 Å². The van der Waals surface area contributed by atoms with E-state index in [1.165, 1.54) is 6.07 Å². The molecule has 0 atom stereocenters. The van der Waals surface area contributed by atoms with E-state index in [0.717, 1.165) is 6.07 Å². The number of alkyl halides is 3. The average Bonchev–Trinajstić information content (AvgIpc) is 2.15. The number of carbonyl (C=O) groups is 1. The molecule has 82 valence electrons. The van der Waals surface area contributed by atoms with Crippen molar-refractivity contribution in [3.63, 3.8) is 0 Å². The second-order valence-corrected chi connectivity index (χ2v) is 3.43. The van der Waals surface area contributed by atoms with Gasteiger partial charge in [-0.1, -0.05) is 19.9 Å². The molecule has 0 radical (unpaired) electrons. The summed E-state index contributed by atoms with van der Waals surface area (Å²) in [6.45, 7) is 3.59. The van der Waals surface area contributed by atoms with Gasteiger partial charge in [0.05, 0.1) is 0 Å². The fourth-order valence-electron chi connectivity index (χ4n) is 1.04. The summed E-state index contributed by atoms with van der Waals surface area (Å²) < 4.78 is 36.2. The molecule has 1 aromatic heterocycles. The maximum atomic E-state index is 12.1. The van der Waals surface area contributed by atoms with Crippen LogP contribution in [-0.2, 0) is 0 Å². The largest absolute Gasteiger partial charge is 0.456 e. The van der Waals surface area contributed by atoms with E-state index < -0.39 is 17.7 Å². The Morgan fingerprint density at radius 3 is 2.40 bits per heavy atom. The molecule has 5 heteroatoms. The van der Waals surface area contributed by atoms with Crippen LogP contribution in [0.4, 0.5) is 13.2 Å². The molecule has 0 aliphatic carbocycles. The van der Waals surface area contributed by atoms with Crippen molar-refractivity contribution in [1.29, 1.82) is 0 Å². The Hall–Kier alpha value is -1.39. The van der Waals surface area contributed by atoms with Crippen LogP contribution in [0.25, 0.3) is 0 Å². The highest BCUT2D eigenvalue weighted by molar-refractivity contribution is 5.98. The highest BCUT2D eigenvalue weighted by Gasteiger charge is 2.40. The zero-order valence-corrected chi connectivity index (χ0v) is 8.30. The molecule has 0 N–H and O–H groups in total. The van der Waals surface area contributed by atoms with E-state index in [-0.39, 0.29) is 5.92 Å². The monoisotopic (exact) mass is 217 g/mol. The molecular weight excluding hydrogens is 207 g/mol. The minimum absolute atomic E-state index is 0.00835. The average molecular weight is 217 g/mol. The number of rotatable bonds is 2. The molecule has 0 saturated carbocycles. The minimum Gasteiger partial charge on any atom is -0.282 e. The molecule has 0 spiro atoms. The van der Waals surface area contributed by atoms with Gasteiger partial charge in [-0.15, -0.1) is 0 Å². The van der Waals surface area contributed by atoms with Crippen LogP contribution in [-0.4, -0.2) is 16.9 Å². The zero-order chi connectivity index (χ0) is 11.6. The molecule has 1 heterocycles. The normalized spacial score (nSPS) is 11.9. The van der Waals surface area contributed by atoms with Crippen molar-refractivity contribution in [2.45, 2.75) is 25.9 Å². The highest BCUT2D eigenvalue weighted by Crippen LogP contribution is 2.21. The van der Waals surface area contributed by atoms with Crippen LogP contribution in [0.3, 0.4) is 0 Å². The third kappa shape index (κ3) is 2.78. The maximum absolute atomic E-state index is 12.1. The van der Waals surface area contributed by atoms with Crippen molar-refractivity contribution in [2.24, 2.45) is 0 Å². The molecule has 0 bridgehead atoms. The first kappa shape index (κ1) is 11.7. The van der Waals surface area contributed by atoms with Gasteiger partial charge in [0.2, 0.25) is 0 Å². The van der Waals surface area contributed by atoms with Gasteiger partial charge < -0.3 is 0 Å². The first-order valence-corrected chi connectivity index (χ1v) is 4.41. The van der Waals surface area contributed by atoms with Crippen LogP contribution in [0.5, 0.6) is 0 Å². The number of hydrogen-bond acceptors (Lipinski definition) is 2. The van der Waals surface area contributed by atoms with Gasteiger partial charge in [0, 0.05) is 5.69 Å². The van der Waals surface area contributed by atoms with E-state index in [1.54, 1.807) is 19.9 Å². The molecule has 1 aromatic rings. The number of pyridine rings is 1. The Balaban J connectivity index is 3.06. The molecule has 0 aromatic carbocycles. The molecule has 0 fully saturated rings. The van der Waals surface area contributed by atoms with E-state index in [1.807, 2.05) is 0 Å². The van der Waals surface area contributed by atoms with E-state index in [2.05, 4.69) is 4.98 Å². The summed E-state index contributed by atoms with van der Waals surface area (Å²) in [4.78, 5) is 14.5. The standard InChI is InChI=1S/C10H10F3NO/c1-6(2)7-4-3-5-8(14-7)9(15)10(11,12)13/h3-6H,1-2H3. The van der Waals surface area contributed by atoms with E-state index in [4.69, 9.17) is 0 Å². The quantitative estimate of drug-likeness (QED) is 0.713. The van der Waals surface area contributed by atoms with Crippen molar-refractivity contribution in [2.75, 3.05) is 0 Å². The van der Waals surface area contributed by atoms with E-state index in [0.29, 0.717) is 5.69 Å².